The van der Waals surface area contributed by atoms with Crippen molar-refractivity contribution in [2.75, 3.05) is 6.61 Å². The summed E-state index contributed by atoms with van der Waals surface area (Å²) in [4.78, 5) is 19.6. The molecule has 0 fully saturated rings. The zero-order valence-corrected chi connectivity index (χ0v) is 18.6. The molecule has 158 valence electrons. The van der Waals surface area contributed by atoms with Crippen LogP contribution in [-0.2, 0) is 9.53 Å². The Morgan fingerprint density at radius 1 is 1.30 bits per heavy atom. The van der Waals surface area contributed by atoms with Crippen LogP contribution in [0.2, 0.25) is 0 Å². The molecule has 0 saturated carbocycles. The zero-order valence-electron chi connectivity index (χ0n) is 17.8. The zero-order chi connectivity index (χ0) is 22.0. The van der Waals surface area contributed by atoms with Gasteiger partial charge in [-0.15, -0.1) is 0 Å². The van der Waals surface area contributed by atoms with Gasteiger partial charge in [0.15, 0.2) is 5.17 Å². The number of carbonyl (C=O) groups excluding carboxylic acids is 1. The number of nitrogens with zero attached hydrogens (tertiary/aromatic N) is 3. The maximum absolute atomic E-state index is 13.0. The van der Waals surface area contributed by atoms with Crippen molar-refractivity contribution in [2.24, 2.45) is 16.6 Å². The number of hydrogen-bond donors (Lipinski definition) is 1. The van der Waals surface area contributed by atoms with Crippen LogP contribution in [0.1, 0.15) is 46.2 Å². The number of benzene rings is 1. The van der Waals surface area contributed by atoms with Crippen molar-refractivity contribution < 1.29 is 14.3 Å². The molecule has 1 aromatic carbocycles. The number of aliphatic imine (C=N–C) groups is 1. The molecule has 0 amide bonds. The third-order valence-corrected chi connectivity index (χ3v) is 5.49. The van der Waals surface area contributed by atoms with Gasteiger partial charge in [0.25, 0.3) is 0 Å². The van der Waals surface area contributed by atoms with E-state index < -0.39 is 12.0 Å². The van der Waals surface area contributed by atoms with Crippen LogP contribution in [-0.4, -0.2) is 28.7 Å². The van der Waals surface area contributed by atoms with E-state index in [0.717, 1.165) is 11.3 Å². The summed E-state index contributed by atoms with van der Waals surface area (Å²) in [7, 11) is 0. The SMILES string of the molecule is CC1=C(C(=O)OC(C)C)[C@@H](c2ccc(OCC(C)C)cc2)N2C(=N1)SC(C#N)=C2N. The second-order valence-electron chi connectivity index (χ2n) is 7.82. The minimum absolute atomic E-state index is 0.272. The molecule has 2 N–H and O–H groups in total. The first-order chi connectivity index (χ1) is 14.2. The van der Waals surface area contributed by atoms with E-state index >= 15 is 0 Å². The second kappa shape index (κ2) is 8.84. The Morgan fingerprint density at radius 2 is 1.97 bits per heavy atom. The number of carbonyl (C=O) groups is 1. The van der Waals surface area contributed by atoms with Gasteiger partial charge in [0.05, 0.1) is 30.0 Å². The number of ether oxygens (including phenoxy) is 2. The van der Waals surface area contributed by atoms with Crippen LogP contribution in [0.4, 0.5) is 0 Å². The molecule has 0 radical (unpaired) electrons. The molecular formula is C22H26N4O3S. The van der Waals surface area contributed by atoms with E-state index in [0.29, 0.717) is 33.9 Å². The van der Waals surface area contributed by atoms with Crippen molar-refractivity contribution in [1.82, 2.24) is 4.90 Å². The molecule has 0 aliphatic carbocycles. The molecule has 0 aromatic heterocycles. The van der Waals surface area contributed by atoms with Crippen molar-refractivity contribution >= 4 is 22.9 Å². The highest BCUT2D eigenvalue weighted by Gasteiger charge is 2.42. The van der Waals surface area contributed by atoms with Gasteiger partial charge in [0.1, 0.15) is 22.5 Å². The summed E-state index contributed by atoms with van der Waals surface area (Å²) in [6.07, 6.45) is -0.272. The lowest BCUT2D eigenvalue weighted by Crippen LogP contribution is -2.39. The van der Waals surface area contributed by atoms with E-state index in [1.165, 1.54) is 11.8 Å². The number of hydrogen-bond acceptors (Lipinski definition) is 8. The molecule has 1 aromatic rings. The molecule has 7 nitrogen and oxygen atoms in total. The van der Waals surface area contributed by atoms with Crippen molar-refractivity contribution in [3.8, 4) is 11.8 Å². The van der Waals surface area contributed by atoms with E-state index in [4.69, 9.17) is 15.2 Å². The molecule has 0 spiro atoms. The fourth-order valence-corrected chi connectivity index (χ4v) is 4.12. The Kier molecular flexibility index (Phi) is 6.42. The Morgan fingerprint density at radius 3 is 2.53 bits per heavy atom. The van der Waals surface area contributed by atoms with Crippen LogP contribution in [0, 0.1) is 17.2 Å². The lowest BCUT2D eigenvalue weighted by Gasteiger charge is -2.35. The first-order valence-electron chi connectivity index (χ1n) is 9.83. The van der Waals surface area contributed by atoms with Gasteiger partial charge in [0, 0.05) is 0 Å². The predicted molar refractivity (Wildman–Crippen MR) is 117 cm³/mol. The second-order valence-corrected chi connectivity index (χ2v) is 8.80. The number of fused-ring (bicyclic) bond motifs is 1. The minimum atomic E-state index is -0.541. The Balaban J connectivity index is 2.04. The largest absolute Gasteiger partial charge is 0.493 e. The van der Waals surface area contributed by atoms with E-state index in [9.17, 15) is 10.1 Å². The number of amidine groups is 1. The van der Waals surface area contributed by atoms with Gasteiger partial charge in [-0.25, -0.2) is 9.79 Å². The third-order valence-electron chi connectivity index (χ3n) is 4.52. The van der Waals surface area contributed by atoms with Crippen LogP contribution in [0.5, 0.6) is 5.75 Å². The van der Waals surface area contributed by atoms with Crippen LogP contribution in [0.25, 0.3) is 0 Å². The summed E-state index contributed by atoms with van der Waals surface area (Å²) in [5.41, 5.74) is 8.07. The number of thioether (sulfide) groups is 1. The summed E-state index contributed by atoms with van der Waals surface area (Å²) in [5.74, 6) is 1.01. The fourth-order valence-electron chi connectivity index (χ4n) is 3.20. The number of allylic oxidation sites excluding steroid dienone is 2. The highest BCUT2D eigenvalue weighted by atomic mass is 32.2. The van der Waals surface area contributed by atoms with Crippen LogP contribution < -0.4 is 10.5 Å². The Labute approximate surface area is 181 Å². The van der Waals surface area contributed by atoms with Gasteiger partial charge in [-0.2, -0.15) is 5.26 Å². The third kappa shape index (κ3) is 4.31. The van der Waals surface area contributed by atoms with Gasteiger partial charge in [-0.05, 0) is 56.1 Å². The van der Waals surface area contributed by atoms with Gasteiger partial charge < -0.3 is 15.2 Å². The molecule has 1 atom stereocenters. The highest BCUT2D eigenvalue weighted by Crippen LogP contribution is 2.45. The van der Waals surface area contributed by atoms with Crippen LogP contribution in [0.15, 0.2) is 51.3 Å². The van der Waals surface area contributed by atoms with Crippen molar-refractivity contribution in [2.45, 2.75) is 46.8 Å². The van der Waals surface area contributed by atoms with E-state index in [2.05, 4.69) is 24.9 Å². The van der Waals surface area contributed by atoms with E-state index in [-0.39, 0.29) is 11.9 Å². The first-order valence-corrected chi connectivity index (χ1v) is 10.6. The number of nitrogens with two attached hydrogens (primary N) is 1. The average molecular weight is 427 g/mol. The number of rotatable bonds is 6. The number of esters is 1. The van der Waals surface area contributed by atoms with Crippen molar-refractivity contribution in [1.29, 1.82) is 5.26 Å². The molecule has 0 unspecified atom stereocenters. The van der Waals surface area contributed by atoms with Crippen LogP contribution >= 0.6 is 11.8 Å². The minimum Gasteiger partial charge on any atom is -0.493 e. The van der Waals surface area contributed by atoms with Gasteiger partial charge >= 0.3 is 5.97 Å². The molecule has 30 heavy (non-hydrogen) atoms. The predicted octanol–water partition coefficient (Wildman–Crippen LogP) is 4.06. The van der Waals surface area contributed by atoms with Gasteiger partial charge in [-0.3, -0.25) is 4.90 Å². The first kappa shape index (κ1) is 21.8. The van der Waals surface area contributed by atoms with Gasteiger partial charge in [0.2, 0.25) is 0 Å². The van der Waals surface area contributed by atoms with Gasteiger partial charge in [-0.1, -0.05) is 26.0 Å². The van der Waals surface area contributed by atoms with Crippen LogP contribution in [0.3, 0.4) is 0 Å². The molecule has 2 aliphatic rings. The standard InChI is InChI=1S/C22H26N4O3S/c1-12(2)11-28-16-8-6-15(7-9-16)19-18(21(27)29-13(3)4)14(5)25-22-26(19)20(24)17(10-23)30-22/h6-9,12-13,19H,11,24H2,1-5H3/t19-/m1/s1. The Hall–Kier alpha value is -2.92. The van der Waals surface area contributed by atoms with Crippen molar-refractivity contribution in [3.63, 3.8) is 0 Å². The normalized spacial score (nSPS) is 18.5. The Bertz CT molecular complexity index is 971. The lowest BCUT2D eigenvalue weighted by molar-refractivity contribution is -0.143. The molecule has 8 heteroatoms. The molecular weight excluding hydrogens is 400 g/mol. The summed E-state index contributed by atoms with van der Waals surface area (Å²) in [5, 5.41) is 10.0. The quantitative estimate of drug-likeness (QED) is 0.685. The highest BCUT2D eigenvalue weighted by molar-refractivity contribution is 8.17. The molecule has 3 rings (SSSR count). The summed E-state index contributed by atoms with van der Waals surface area (Å²) >= 11 is 1.21. The smallest absolute Gasteiger partial charge is 0.338 e. The molecule has 0 saturated heterocycles. The number of nitriles is 1. The summed E-state index contributed by atoms with van der Waals surface area (Å²) < 4.78 is 11.3. The average Bonchev–Trinajstić information content (AvgIpc) is 3.00. The molecule has 0 bridgehead atoms. The monoisotopic (exact) mass is 426 g/mol. The lowest BCUT2D eigenvalue weighted by atomic mass is 9.94. The molecule has 2 aliphatic heterocycles. The van der Waals surface area contributed by atoms with Crippen molar-refractivity contribution in [3.05, 3.63) is 51.8 Å². The topological polar surface area (TPSA) is 101 Å². The maximum Gasteiger partial charge on any atom is 0.338 e. The molecule has 2 heterocycles. The summed E-state index contributed by atoms with van der Waals surface area (Å²) in [6.45, 7) is 10.2. The van der Waals surface area contributed by atoms with E-state index in [1.807, 2.05) is 24.3 Å². The summed E-state index contributed by atoms with van der Waals surface area (Å²) in [6, 6.07) is 9.12. The van der Waals surface area contributed by atoms with E-state index in [1.54, 1.807) is 25.7 Å². The maximum atomic E-state index is 13.0. The fraction of sp³-hybridized carbons (Fsp3) is 0.409.